The molecule has 0 aromatic carbocycles. The molecule has 1 atom stereocenters. The third kappa shape index (κ3) is 2.73. The van der Waals surface area contributed by atoms with E-state index in [0.29, 0.717) is 0 Å². The van der Waals surface area contributed by atoms with Gasteiger partial charge in [0.05, 0.1) is 0 Å². The first-order valence-corrected chi connectivity index (χ1v) is 6.68. The lowest BCUT2D eigenvalue weighted by molar-refractivity contribution is 0.133. The van der Waals surface area contributed by atoms with Crippen LogP contribution in [-0.2, 0) is 0 Å². The molecule has 2 rings (SSSR count). The van der Waals surface area contributed by atoms with Crippen LogP contribution in [0.4, 0.5) is 0 Å². The molecule has 2 aliphatic carbocycles. The molecule has 0 aromatic rings. The largest absolute Gasteiger partial charge is 0.315 e. The van der Waals surface area contributed by atoms with Crippen molar-refractivity contribution in [3.05, 3.63) is 0 Å². The maximum atomic E-state index is 3.54. The number of hydrogen-bond acceptors (Lipinski definition) is 2. The Labute approximate surface area is 94.4 Å². The van der Waals surface area contributed by atoms with Gasteiger partial charge in [0, 0.05) is 18.6 Å². The molecule has 0 bridgehead atoms. The van der Waals surface area contributed by atoms with Gasteiger partial charge in [0.2, 0.25) is 0 Å². The molecule has 0 saturated heterocycles. The highest BCUT2D eigenvalue weighted by Gasteiger charge is 2.28. The van der Waals surface area contributed by atoms with Crippen LogP contribution < -0.4 is 5.32 Å². The summed E-state index contributed by atoms with van der Waals surface area (Å²) in [6, 6.07) is 1.63. The van der Waals surface area contributed by atoms with Crippen molar-refractivity contribution in [3.8, 4) is 0 Å². The molecule has 1 N–H and O–H groups in total. The van der Waals surface area contributed by atoms with Gasteiger partial charge in [-0.15, -0.1) is 0 Å². The fourth-order valence-electron chi connectivity index (χ4n) is 3.12. The fraction of sp³-hybridized carbons (Fsp3) is 1.00. The molecule has 0 amide bonds. The van der Waals surface area contributed by atoms with E-state index in [1.165, 1.54) is 51.5 Å². The third-order valence-corrected chi connectivity index (χ3v) is 4.52. The molecular weight excluding hydrogens is 184 g/mol. The van der Waals surface area contributed by atoms with Crippen LogP contribution in [0.3, 0.4) is 0 Å². The number of nitrogens with one attached hydrogen (secondary N) is 1. The summed E-state index contributed by atoms with van der Waals surface area (Å²) in [6.07, 6.45) is 10.1. The molecule has 88 valence electrons. The number of rotatable bonds is 5. The van der Waals surface area contributed by atoms with Crippen LogP contribution in [0.1, 0.15) is 44.9 Å². The quantitative estimate of drug-likeness (QED) is 0.749. The van der Waals surface area contributed by atoms with Crippen LogP contribution in [0.5, 0.6) is 0 Å². The lowest BCUT2D eigenvalue weighted by Gasteiger charge is -2.38. The van der Waals surface area contributed by atoms with Gasteiger partial charge in [0.1, 0.15) is 0 Å². The van der Waals surface area contributed by atoms with Gasteiger partial charge in [0.15, 0.2) is 0 Å². The van der Waals surface area contributed by atoms with E-state index in [1.807, 2.05) is 0 Å². The Balaban J connectivity index is 1.78. The van der Waals surface area contributed by atoms with Crippen molar-refractivity contribution in [3.63, 3.8) is 0 Å². The van der Waals surface area contributed by atoms with Gasteiger partial charge in [-0.1, -0.05) is 19.3 Å². The smallest absolute Gasteiger partial charge is 0.0220 e. The molecule has 0 radical (unpaired) electrons. The Morgan fingerprint density at radius 3 is 2.27 bits per heavy atom. The summed E-state index contributed by atoms with van der Waals surface area (Å²) in [7, 11) is 4.45. The Bertz CT molecular complexity index is 183. The van der Waals surface area contributed by atoms with Gasteiger partial charge in [-0.05, 0) is 45.7 Å². The first kappa shape index (κ1) is 11.4. The van der Waals surface area contributed by atoms with Gasteiger partial charge < -0.3 is 10.2 Å². The predicted octanol–water partition coefficient (Wildman–Crippen LogP) is 2.25. The summed E-state index contributed by atoms with van der Waals surface area (Å²) < 4.78 is 0. The van der Waals surface area contributed by atoms with E-state index >= 15 is 0 Å². The van der Waals surface area contributed by atoms with E-state index in [1.54, 1.807) is 0 Å². The van der Waals surface area contributed by atoms with Gasteiger partial charge >= 0.3 is 0 Å². The summed E-state index contributed by atoms with van der Waals surface area (Å²) in [5, 5.41) is 3.54. The molecule has 2 saturated carbocycles. The third-order valence-electron chi connectivity index (χ3n) is 4.52. The van der Waals surface area contributed by atoms with Gasteiger partial charge in [-0.2, -0.15) is 0 Å². The zero-order chi connectivity index (χ0) is 10.7. The first-order chi connectivity index (χ1) is 7.31. The standard InChI is InChI=1S/C13H26N2/c1-14-13(11-6-3-4-7-11)10-15(2)12-8-5-9-12/h11-14H,3-10H2,1-2H3. The summed E-state index contributed by atoms with van der Waals surface area (Å²) in [5.41, 5.74) is 0. The van der Waals surface area contributed by atoms with Gasteiger partial charge in [-0.25, -0.2) is 0 Å². The Kier molecular flexibility index (Phi) is 4.04. The van der Waals surface area contributed by atoms with Crippen LogP contribution in [-0.4, -0.2) is 37.6 Å². The van der Waals surface area contributed by atoms with E-state index < -0.39 is 0 Å². The molecule has 2 heteroatoms. The minimum atomic E-state index is 0.734. The van der Waals surface area contributed by atoms with Crippen molar-refractivity contribution >= 4 is 0 Å². The predicted molar refractivity (Wildman–Crippen MR) is 65.1 cm³/mol. The van der Waals surface area contributed by atoms with Crippen LogP contribution in [0.15, 0.2) is 0 Å². The van der Waals surface area contributed by atoms with E-state index in [-0.39, 0.29) is 0 Å². The molecule has 2 nitrogen and oxygen atoms in total. The van der Waals surface area contributed by atoms with Crippen molar-refractivity contribution in [1.82, 2.24) is 10.2 Å². The zero-order valence-corrected chi connectivity index (χ0v) is 10.3. The Morgan fingerprint density at radius 1 is 1.13 bits per heavy atom. The van der Waals surface area contributed by atoms with Crippen molar-refractivity contribution in [1.29, 1.82) is 0 Å². The highest BCUT2D eigenvalue weighted by atomic mass is 15.2. The molecule has 1 unspecified atom stereocenters. The van der Waals surface area contributed by atoms with Crippen LogP contribution in [0.25, 0.3) is 0 Å². The monoisotopic (exact) mass is 210 g/mol. The maximum absolute atomic E-state index is 3.54. The molecule has 0 heterocycles. The van der Waals surface area contributed by atoms with E-state index in [4.69, 9.17) is 0 Å². The van der Waals surface area contributed by atoms with Crippen molar-refractivity contribution in [2.24, 2.45) is 5.92 Å². The van der Waals surface area contributed by atoms with Crippen molar-refractivity contribution in [2.75, 3.05) is 20.6 Å². The number of likely N-dealkylation sites (N-methyl/N-ethyl adjacent to an activating group) is 2. The molecule has 2 fully saturated rings. The zero-order valence-electron chi connectivity index (χ0n) is 10.3. The van der Waals surface area contributed by atoms with E-state index in [2.05, 4.69) is 24.3 Å². The summed E-state index contributed by atoms with van der Waals surface area (Å²) in [5.74, 6) is 0.942. The minimum absolute atomic E-state index is 0.734. The molecule has 15 heavy (non-hydrogen) atoms. The minimum Gasteiger partial charge on any atom is -0.315 e. The second-order valence-corrected chi connectivity index (χ2v) is 5.46. The van der Waals surface area contributed by atoms with Crippen LogP contribution >= 0.6 is 0 Å². The molecule has 2 aliphatic rings. The number of nitrogens with zero attached hydrogens (tertiary/aromatic N) is 1. The van der Waals surface area contributed by atoms with Crippen LogP contribution in [0.2, 0.25) is 0 Å². The lowest BCUT2D eigenvalue weighted by Crippen LogP contribution is -2.47. The lowest BCUT2D eigenvalue weighted by atomic mass is 9.90. The summed E-state index contributed by atoms with van der Waals surface area (Å²) in [6.45, 7) is 1.26. The highest BCUT2D eigenvalue weighted by Crippen LogP contribution is 2.29. The van der Waals surface area contributed by atoms with Gasteiger partial charge in [-0.3, -0.25) is 0 Å². The number of hydrogen-bond donors (Lipinski definition) is 1. The van der Waals surface area contributed by atoms with E-state index in [9.17, 15) is 0 Å². The van der Waals surface area contributed by atoms with E-state index in [0.717, 1.165) is 18.0 Å². The maximum Gasteiger partial charge on any atom is 0.0220 e. The topological polar surface area (TPSA) is 15.3 Å². The second kappa shape index (κ2) is 5.31. The fourth-order valence-corrected chi connectivity index (χ4v) is 3.12. The second-order valence-electron chi connectivity index (χ2n) is 5.46. The first-order valence-electron chi connectivity index (χ1n) is 6.68. The Hall–Kier alpha value is -0.0800. The van der Waals surface area contributed by atoms with Crippen molar-refractivity contribution < 1.29 is 0 Å². The van der Waals surface area contributed by atoms with Crippen LogP contribution in [0, 0.1) is 5.92 Å². The SMILES string of the molecule is CNC(CN(C)C1CCC1)C1CCCC1. The average molecular weight is 210 g/mol. The molecule has 0 spiro atoms. The van der Waals surface area contributed by atoms with Crippen molar-refractivity contribution in [2.45, 2.75) is 57.0 Å². The summed E-state index contributed by atoms with van der Waals surface area (Å²) in [4.78, 5) is 2.59. The molecule has 0 aliphatic heterocycles. The average Bonchev–Trinajstić information content (AvgIpc) is 2.63. The molecule has 0 aromatic heterocycles. The normalized spacial score (nSPS) is 25.8. The van der Waals surface area contributed by atoms with Gasteiger partial charge in [0.25, 0.3) is 0 Å². The highest BCUT2D eigenvalue weighted by molar-refractivity contribution is 4.85. The Morgan fingerprint density at radius 2 is 1.80 bits per heavy atom. The summed E-state index contributed by atoms with van der Waals surface area (Å²) >= 11 is 0. The molecular formula is C13H26N2.